The van der Waals surface area contributed by atoms with E-state index in [4.69, 9.17) is 26.6 Å². The monoisotopic (exact) mass is 536 g/mol. The maximum Gasteiger partial charge on any atom is 0.508 e. The molecule has 8 heteroatoms. The third kappa shape index (κ3) is 9.18. The van der Waals surface area contributed by atoms with Crippen molar-refractivity contribution in [1.29, 1.82) is 0 Å². The van der Waals surface area contributed by atoms with Crippen LogP contribution in [0.2, 0.25) is 0 Å². The third-order valence-electron chi connectivity index (χ3n) is 5.73. The molecule has 0 aromatic heterocycles. The summed E-state index contributed by atoms with van der Waals surface area (Å²) in [4.78, 5) is 0. The minimum Gasteiger partial charge on any atom is -0.373 e. The van der Waals surface area contributed by atoms with Crippen LogP contribution >= 0.6 is 0 Å². The van der Waals surface area contributed by atoms with E-state index in [0.29, 0.717) is 39.6 Å². The summed E-state index contributed by atoms with van der Waals surface area (Å²) in [5.41, 5.74) is 2.21. The summed E-state index contributed by atoms with van der Waals surface area (Å²) in [6.45, 7) is 19.5. The molecule has 0 heterocycles. The minimum absolute atomic E-state index is 0.0346. The first-order chi connectivity index (χ1) is 17.4. The van der Waals surface area contributed by atoms with Crippen LogP contribution in [0.3, 0.4) is 0 Å². The average molecular weight is 537 g/mol. The molecule has 2 rings (SSSR count). The molecule has 0 saturated heterocycles. The van der Waals surface area contributed by atoms with Crippen molar-refractivity contribution in [2.24, 2.45) is 0 Å². The molecule has 0 amide bonds. The Morgan fingerprint density at radius 3 is 0.861 bits per heavy atom. The Kier molecular flexibility index (Phi) is 16.3. The zero-order chi connectivity index (χ0) is 26.9. The van der Waals surface area contributed by atoms with Gasteiger partial charge in [0.05, 0.1) is 11.1 Å². The van der Waals surface area contributed by atoms with E-state index < -0.39 is 17.6 Å². The summed E-state index contributed by atoms with van der Waals surface area (Å²) in [5, 5.41) is 0. The summed E-state index contributed by atoms with van der Waals surface area (Å²) >= 11 is 0. The summed E-state index contributed by atoms with van der Waals surface area (Å²) in [6, 6.07) is 20.4. The molecule has 2 atom stereocenters. The molecule has 6 nitrogen and oxygen atoms in total. The molecule has 2 unspecified atom stereocenters. The van der Waals surface area contributed by atoms with Gasteiger partial charge in [-0.1, -0.05) is 74.5 Å². The average Bonchev–Trinajstić information content (AvgIpc) is 2.90. The SMILES string of the molecule is CCO[Si](OCC)(OCC)C(C)c1ccccc1C(C)[Si](OCC)(OCC)OCC.c1ccccc1. The standard InChI is InChI=1S/C22H42O6Si2.C6H6/c1-9-23-29(24-10-2,25-11-3)19(7)21-17-15-16-18-22(21)20(8)30(26-12-4,27-13-5)28-14-6;1-2-4-6-5-3-1/h15-20H,9-14H2,1-8H3;1-6H. The van der Waals surface area contributed by atoms with Crippen molar-refractivity contribution in [2.45, 2.75) is 66.5 Å². The molecule has 2 aromatic rings. The van der Waals surface area contributed by atoms with Crippen LogP contribution in [0.25, 0.3) is 0 Å². The normalized spacial score (nSPS) is 13.6. The van der Waals surface area contributed by atoms with Gasteiger partial charge in [0.2, 0.25) is 0 Å². The first-order valence-electron chi connectivity index (χ1n) is 13.3. The highest BCUT2D eigenvalue weighted by molar-refractivity contribution is 6.63. The smallest absolute Gasteiger partial charge is 0.373 e. The molecule has 0 saturated carbocycles. The quantitative estimate of drug-likeness (QED) is 0.221. The Bertz CT molecular complexity index is 696. The van der Waals surface area contributed by atoms with Crippen molar-refractivity contribution in [3.05, 3.63) is 71.8 Å². The summed E-state index contributed by atoms with van der Waals surface area (Å²) in [7, 11) is -5.88. The summed E-state index contributed by atoms with van der Waals surface area (Å²) in [6.07, 6.45) is 0. The van der Waals surface area contributed by atoms with Gasteiger partial charge < -0.3 is 26.6 Å². The minimum atomic E-state index is -2.94. The first-order valence-corrected chi connectivity index (χ1v) is 16.9. The number of rotatable bonds is 16. The van der Waals surface area contributed by atoms with Gasteiger partial charge in [0, 0.05) is 39.6 Å². The second kappa shape index (κ2) is 18.0. The van der Waals surface area contributed by atoms with Gasteiger partial charge >= 0.3 is 17.6 Å². The summed E-state index contributed by atoms with van der Waals surface area (Å²) in [5.74, 6) is 0. The molecule has 0 aliphatic carbocycles. The predicted molar refractivity (Wildman–Crippen MR) is 151 cm³/mol. The van der Waals surface area contributed by atoms with Gasteiger partial charge in [-0.25, -0.2) is 0 Å². The Morgan fingerprint density at radius 2 is 0.667 bits per heavy atom. The molecule has 204 valence electrons. The third-order valence-corrected chi connectivity index (χ3v) is 12.6. The van der Waals surface area contributed by atoms with E-state index >= 15 is 0 Å². The molecule has 2 aromatic carbocycles. The molecular formula is C28H48O6Si2. The number of benzene rings is 2. The van der Waals surface area contributed by atoms with Crippen LogP contribution < -0.4 is 0 Å². The Morgan fingerprint density at radius 1 is 0.444 bits per heavy atom. The highest BCUT2D eigenvalue weighted by atomic mass is 28.4. The van der Waals surface area contributed by atoms with E-state index in [9.17, 15) is 0 Å². The van der Waals surface area contributed by atoms with Crippen LogP contribution in [0.15, 0.2) is 60.7 Å². The molecule has 0 spiro atoms. The maximum absolute atomic E-state index is 6.20. The molecule has 0 radical (unpaired) electrons. The number of hydrogen-bond acceptors (Lipinski definition) is 6. The van der Waals surface area contributed by atoms with Crippen LogP contribution in [0.4, 0.5) is 0 Å². The fourth-order valence-corrected chi connectivity index (χ4v) is 9.97. The van der Waals surface area contributed by atoms with Crippen molar-refractivity contribution in [1.82, 2.24) is 0 Å². The van der Waals surface area contributed by atoms with Gasteiger partial charge in [-0.3, -0.25) is 0 Å². The lowest BCUT2D eigenvalue weighted by Crippen LogP contribution is -2.53. The van der Waals surface area contributed by atoms with E-state index in [1.54, 1.807) is 0 Å². The Hall–Kier alpha value is -1.37. The maximum atomic E-state index is 6.20. The van der Waals surface area contributed by atoms with Crippen molar-refractivity contribution in [3.63, 3.8) is 0 Å². The van der Waals surface area contributed by atoms with E-state index in [2.05, 4.69) is 38.1 Å². The lowest BCUT2D eigenvalue weighted by Gasteiger charge is -2.37. The second-order valence-corrected chi connectivity index (χ2v) is 13.9. The molecule has 0 aliphatic rings. The van der Waals surface area contributed by atoms with Crippen LogP contribution in [0, 0.1) is 0 Å². The van der Waals surface area contributed by atoms with Gasteiger partial charge in [-0.2, -0.15) is 0 Å². The van der Waals surface area contributed by atoms with Gasteiger partial charge in [-0.05, 0) is 52.7 Å². The second-order valence-electron chi connectivity index (χ2n) is 8.03. The van der Waals surface area contributed by atoms with Crippen LogP contribution in [0.1, 0.15) is 77.6 Å². The van der Waals surface area contributed by atoms with Gasteiger partial charge in [0.1, 0.15) is 0 Å². The number of hydrogen-bond donors (Lipinski definition) is 0. The first kappa shape index (κ1) is 32.7. The van der Waals surface area contributed by atoms with Crippen molar-refractivity contribution < 1.29 is 26.6 Å². The lowest BCUT2D eigenvalue weighted by molar-refractivity contribution is 0.0603. The molecule has 0 bridgehead atoms. The van der Waals surface area contributed by atoms with Gasteiger partial charge in [0.25, 0.3) is 0 Å². The Labute approximate surface area is 222 Å². The van der Waals surface area contributed by atoms with E-state index in [0.717, 1.165) is 11.1 Å². The van der Waals surface area contributed by atoms with E-state index in [-0.39, 0.29) is 11.1 Å². The highest BCUT2D eigenvalue weighted by Crippen LogP contribution is 2.38. The van der Waals surface area contributed by atoms with Crippen molar-refractivity contribution in [2.75, 3.05) is 39.6 Å². The molecule has 0 fully saturated rings. The van der Waals surface area contributed by atoms with Crippen molar-refractivity contribution in [3.8, 4) is 0 Å². The van der Waals surface area contributed by atoms with E-state index in [1.165, 1.54) is 0 Å². The van der Waals surface area contributed by atoms with Crippen LogP contribution in [-0.2, 0) is 26.6 Å². The van der Waals surface area contributed by atoms with E-state index in [1.807, 2.05) is 77.9 Å². The fraction of sp³-hybridized carbons (Fsp3) is 0.571. The summed E-state index contributed by atoms with van der Waals surface area (Å²) < 4.78 is 37.2. The molecule has 0 N–H and O–H groups in total. The van der Waals surface area contributed by atoms with Crippen molar-refractivity contribution >= 4 is 17.6 Å². The highest BCUT2D eigenvalue weighted by Gasteiger charge is 2.52. The molecule has 36 heavy (non-hydrogen) atoms. The molecular weight excluding hydrogens is 488 g/mol. The lowest BCUT2D eigenvalue weighted by atomic mass is 10.0. The fourth-order valence-electron chi connectivity index (χ4n) is 4.27. The predicted octanol–water partition coefficient (Wildman–Crippen LogP) is 6.76. The van der Waals surface area contributed by atoms with Gasteiger partial charge in [-0.15, -0.1) is 0 Å². The molecule has 0 aliphatic heterocycles. The zero-order valence-electron chi connectivity index (χ0n) is 23.6. The Balaban J connectivity index is 0.000000936. The zero-order valence-corrected chi connectivity index (χ0v) is 25.6. The topological polar surface area (TPSA) is 55.4 Å². The van der Waals surface area contributed by atoms with Gasteiger partial charge in [0.15, 0.2) is 0 Å². The van der Waals surface area contributed by atoms with Crippen LogP contribution in [-0.4, -0.2) is 57.3 Å². The van der Waals surface area contributed by atoms with Crippen LogP contribution in [0.5, 0.6) is 0 Å². The largest absolute Gasteiger partial charge is 0.508 e.